The van der Waals surface area contributed by atoms with Crippen LogP contribution in [0.5, 0.6) is 0 Å². The lowest BCUT2D eigenvalue weighted by Gasteiger charge is -2.04. The van der Waals surface area contributed by atoms with Gasteiger partial charge in [0.1, 0.15) is 0 Å². The van der Waals surface area contributed by atoms with Crippen molar-refractivity contribution in [3.05, 3.63) is 46.5 Å². The molecule has 0 radical (unpaired) electrons. The van der Waals surface area contributed by atoms with Crippen LogP contribution in [0.4, 0.5) is 5.69 Å². The van der Waals surface area contributed by atoms with E-state index in [0.29, 0.717) is 10.8 Å². The Kier molecular flexibility index (Phi) is 2.60. The van der Waals surface area contributed by atoms with Gasteiger partial charge in [-0.1, -0.05) is 30.3 Å². The van der Waals surface area contributed by atoms with Gasteiger partial charge in [0.05, 0.1) is 15.8 Å². The number of nitrogens with zero attached hydrogens (tertiary/aromatic N) is 1. The molecule has 2 rings (SSSR count). The van der Waals surface area contributed by atoms with Crippen LogP contribution in [0.25, 0.3) is 10.8 Å². The Bertz CT molecular complexity index is 556. The molecule has 0 aliphatic rings. The van der Waals surface area contributed by atoms with Gasteiger partial charge in [0.25, 0.3) is 5.69 Å². The van der Waals surface area contributed by atoms with Gasteiger partial charge in [-0.05, 0) is 11.5 Å². The van der Waals surface area contributed by atoms with E-state index in [1.165, 1.54) is 6.07 Å². The van der Waals surface area contributed by atoms with Gasteiger partial charge in [0, 0.05) is 0 Å². The maximum absolute atomic E-state index is 10.9. The first-order chi connectivity index (χ1) is 7.61. The molecule has 0 aliphatic heterocycles. The second-order valence-corrected chi connectivity index (χ2v) is 3.36. The molecule has 6 heteroatoms. The fourth-order valence-corrected chi connectivity index (χ4v) is 1.68. The molecule has 0 bridgehead atoms. The van der Waals surface area contributed by atoms with E-state index in [1.807, 2.05) is 0 Å². The van der Waals surface area contributed by atoms with Crippen LogP contribution in [-0.2, 0) is 0 Å². The molecule has 0 amide bonds. The Morgan fingerprint density at radius 1 is 1.12 bits per heavy atom. The van der Waals surface area contributed by atoms with Crippen molar-refractivity contribution in [2.24, 2.45) is 0 Å². The van der Waals surface area contributed by atoms with Gasteiger partial charge in [0.15, 0.2) is 0 Å². The van der Waals surface area contributed by atoms with Crippen LogP contribution in [0.2, 0.25) is 0 Å². The van der Waals surface area contributed by atoms with Gasteiger partial charge < -0.3 is 10.0 Å². The van der Waals surface area contributed by atoms with Crippen LogP contribution in [0, 0.1) is 10.1 Å². The molecule has 80 valence electrons. The number of fused-ring (bicyclic) bond motifs is 1. The Labute approximate surface area is 91.2 Å². The quantitative estimate of drug-likeness (QED) is 0.434. The second kappa shape index (κ2) is 3.92. The summed E-state index contributed by atoms with van der Waals surface area (Å²) in [5, 5.41) is 30.1. The normalized spacial score (nSPS) is 10.4. The average Bonchev–Trinajstić information content (AvgIpc) is 2.27. The molecule has 16 heavy (non-hydrogen) atoms. The van der Waals surface area contributed by atoms with E-state index in [9.17, 15) is 10.1 Å². The van der Waals surface area contributed by atoms with Crippen LogP contribution < -0.4 is 5.46 Å². The highest BCUT2D eigenvalue weighted by Crippen LogP contribution is 2.23. The van der Waals surface area contributed by atoms with Gasteiger partial charge >= 0.3 is 7.12 Å². The van der Waals surface area contributed by atoms with E-state index in [0.717, 1.165) is 0 Å². The van der Waals surface area contributed by atoms with Crippen LogP contribution in [-0.4, -0.2) is 22.1 Å². The first-order valence-electron chi connectivity index (χ1n) is 4.63. The van der Waals surface area contributed by atoms with Crippen LogP contribution >= 0.6 is 0 Å². The summed E-state index contributed by atoms with van der Waals surface area (Å²) >= 11 is 0. The maximum Gasteiger partial charge on any atom is 0.495 e. The van der Waals surface area contributed by atoms with Crippen LogP contribution in [0.3, 0.4) is 0 Å². The zero-order chi connectivity index (χ0) is 11.7. The fraction of sp³-hybridized carbons (Fsp3) is 0. The summed E-state index contributed by atoms with van der Waals surface area (Å²) in [5.74, 6) is 0. The van der Waals surface area contributed by atoms with E-state index in [1.54, 1.807) is 30.3 Å². The second-order valence-electron chi connectivity index (χ2n) is 3.36. The van der Waals surface area contributed by atoms with E-state index in [4.69, 9.17) is 10.0 Å². The number of rotatable bonds is 2. The van der Waals surface area contributed by atoms with E-state index < -0.39 is 12.0 Å². The van der Waals surface area contributed by atoms with E-state index in [2.05, 4.69) is 0 Å². The minimum absolute atomic E-state index is 0.0938. The summed E-state index contributed by atoms with van der Waals surface area (Å²) in [6.07, 6.45) is 0. The Balaban J connectivity index is 2.84. The van der Waals surface area contributed by atoms with Gasteiger partial charge in [-0.15, -0.1) is 0 Å². The Morgan fingerprint density at radius 2 is 1.81 bits per heavy atom. The van der Waals surface area contributed by atoms with Crippen LogP contribution in [0.1, 0.15) is 0 Å². The molecule has 0 unspecified atom stereocenters. The van der Waals surface area contributed by atoms with E-state index in [-0.39, 0.29) is 11.2 Å². The summed E-state index contributed by atoms with van der Waals surface area (Å²) in [7, 11) is -1.84. The first kappa shape index (κ1) is 10.6. The molecule has 0 aliphatic carbocycles. The molecular formula is C10H8BNO4. The molecule has 2 aromatic rings. The fourth-order valence-electron chi connectivity index (χ4n) is 1.68. The van der Waals surface area contributed by atoms with Crippen molar-refractivity contribution in [2.75, 3.05) is 0 Å². The zero-order valence-electron chi connectivity index (χ0n) is 8.20. The van der Waals surface area contributed by atoms with Gasteiger partial charge in [-0.2, -0.15) is 0 Å². The minimum Gasteiger partial charge on any atom is -0.423 e. The predicted molar refractivity (Wildman–Crippen MR) is 60.4 cm³/mol. The first-order valence-corrected chi connectivity index (χ1v) is 4.63. The molecular weight excluding hydrogens is 209 g/mol. The molecule has 0 aromatic heterocycles. The lowest BCUT2D eigenvalue weighted by molar-refractivity contribution is -0.381. The van der Waals surface area contributed by atoms with Crippen molar-refractivity contribution in [3.63, 3.8) is 0 Å². The third-order valence-electron chi connectivity index (χ3n) is 2.39. The predicted octanol–water partition coefficient (Wildman–Crippen LogP) is 0.428. The van der Waals surface area contributed by atoms with Crippen molar-refractivity contribution < 1.29 is 15.0 Å². The number of nitro benzene ring substituents is 1. The van der Waals surface area contributed by atoms with Gasteiger partial charge in [-0.3, -0.25) is 10.1 Å². The molecule has 0 heterocycles. The van der Waals surface area contributed by atoms with E-state index >= 15 is 0 Å². The number of benzene rings is 2. The zero-order valence-corrected chi connectivity index (χ0v) is 8.20. The smallest absolute Gasteiger partial charge is 0.423 e. The van der Waals surface area contributed by atoms with Crippen LogP contribution in [0.15, 0.2) is 36.4 Å². The van der Waals surface area contributed by atoms with Gasteiger partial charge in [-0.25, -0.2) is 0 Å². The topological polar surface area (TPSA) is 83.6 Å². The number of hydrogen-bond donors (Lipinski definition) is 2. The van der Waals surface area contributed by atoms with Crippen molar-refractivity contribution in [1.82, 2.24) is 0 Å². The molecule has 0 saturated carbocycles. The summed E-state index contributed by atoms with van der Waals surface area (Å²) < 4.78 is 0. The highest BCUT2D eigenvalue weighted by atomic mass is 16.6. The van der Waals surface area contributed by atoms with Crippen molar-refractivity contribution >= 4 is 29.0 Å². The van der Waals surface area contributed by atoms with Crippen molar-refractivity contribution in [1.29, 1.82) is 0 Å². The molecule has 0 spiro atoms. The van der Waals surface area contributed by atoms with Gasteiger partial charge in [0.2, 0.25) is 0 Å². The summed E-state index contributed by atoms with van der Waals surface area (Å²) in [6, 6.07) is 9.72. The highest BCUT2D eigenvalue weighted by Gasteiger charge is 2.25. The molecule has 0 fully saturated rings. The highest BCUT2D eigenvalue weighted by molar-refractivity contribution is 6.60. The molecule has 0 saturated heterocycles. The Morgan fingerprint density at radius 3 is 2.44 bits per heavy atom. The van der Waals surface area contributed by atoms with Crippen molar-refractivity contribution in [3.8, 4) is 0 Å². The summed E-state index contributed by atoms with van der Waals surface area (Å²) in [5.41, 5.74) is -0.350. The maximum atomic E-state index is 10.9. The molecule has 0 atom stereocenters. The third kappa shape index (κ3) is 1.64. The number of hydrogen-bond acceptors (Lipinski definition) is 4. The summed E-state index contributed by atoms with van der Waals surface area (Å²) in [6.45, 7) is 0. The molecule has 2 N–H and O–H groups in total. The standard InChI is InChI=1S/C10H8BNO4/c13-11(14)9-6-5-7-3-1-2-4-8(7)10(9)12(15)16/h1-6,13-14H. The lowest BCUT2D eigenvalue weighted by atomic mass is 9.78. The largest absolute Gasteiger partial charge is 0.495 e. The minimum atomic E-state index is -1.84. The number of nitro groups is 1. The average molecular weight is 217 g/mol. The monoisotopic (exact) mass is 217 g/mol. The lowest BCUT2D eigenvalue weighted by Crippen LogP contribution is -2.32. The molecule has 2 aromatic carbocycles. The summed E-state index contributed by atoms with van der Waals surface area (Å²) in [4.78, 5) is 10.3. The van der Waals surface area contributed by atoms with Crippen molar-refractivity contribution in [2.45, 2.75) is 0 Å². The third-order valence-corrected chi connectivity index (χ3v) is 2.39. The Hall–Kier alpha value is -1.92. The SMILES string of the molecule is O=[N+]([O-])c1c(B(O)O)ccc2ccccc12. The molecule has 5 nitrogen and oxygen atoms in total.